The van der Waals surface area contributed by atoms with Gasteiger partial charge in [-0.1, -0.05) is 154 Å². The van der Waals surface area contributed by atoms with Crippen LogP contribution in [-0.2, 0) is 28.2 Å². The van der Waals surface area contributed by atoms with Crippen molar-refractivity contribution in [3.63, 3.8) is 0 Å². The number of fused-ring (bicyclic) bond motifs is 20. The maximum Gasteiger partial charge on any atom is 0.286 e. The zero-order valence-corrected chi connectivity index (χ0v) is 60.2. The van der Waals surface area contributed by atoms with E-state index in [1.807, 2.05) is 148 Å². The van der Waals surface area contributed by atoms with E-state index in [9.17, 15) is 0 Å². The number of aromatic nitrogens is 8. The molecule has 510 valence electrons. The fourth-order valence-corrected chi connectivity index (χ4v) is 15.6. The van der Waals surface area contributed by atoms with Gasteiger partial charge in [-0.2, -0.15) is 4.57 Å². The van der Waals surface area contributed by atoms with Crippen LogP contribution in [0.25, 0.3) is 176 Å². The second-order valence-electron chi connectivity index (χ2n) is 27.6. The Labute approximate surface area is 615 Å². The largest absolute Gasteiger partial charge is 0.455 e. The van der Waals surface area contributed by atoms with Gasteiger partial charge in [-0.05, 0) is 174 Å². The minimum absolute atomic E-state index is 0.0733. The van der Waals surface area contributed by atoms with Gasteiger partial charge in [0.05, 0.1) is 49.6 Å². The van der Waals surface area contributed by atoms with Crippen LogP contribution < -0.4 is 18.3 Å². The number of benzene rings is 12. The molecule has 0 radical (unpaired) electrons. The smallest absolute Gasteiger partial charge is 0.286 e. The van der Waals surface area contributed by atoms with Crippen molar-refractivity contribution in [1.29, 1.82) is 0 Å². The van der Waals surface area contributed by atoms with Gasteiger partial charge in [0.25, 0.3) is 19.0 Å². The summed E-state index contributed by atoms with van der Waals surface area (Å²) in [6.45, 7) is 10.2. The van der Waals surface area contributed by atoms with Crippen molar-refractivity contribution in [3.8, 4) is 45.0 Å². The lowest BCUT2D eigenvalue weighted by Crippen LogP contribution is -2.31. The number of hydrogen-bond donors (Lipinski definition) is 0. The van der Waals surface area contributed by atoms with Crippen LogP contribution in [0.4, 0.5) is 0 Å². The fourth-order valence-electron chi connectivity index (χ4n) is 15.6. The maximum atomic E-state index is 8.17. The van der Waals surface area contributed by atoms with Gasteiger partial charge >= 0.3 is 0 Å². The summed E-state index contributed by atoms with van der Waals surface area (Å²) in [6.07, 6.45) is 12.2. The van der Waals surface area contributed by atoms with Gasteiger partial charge in [0.2, 0.25) is 5.69 Å². The molecule has 0 aliphatic rings. The van der Waals surface area contributed by atoms with Crippen LogP contribution in [0.2, 0.25) is 0 Å². The summed E-state index contributed by atoms with van der Waals surface area (Å²) in [5, 5.41) is 17.7. The Morgan fingerprint density at radius 2 is 0.743 bits per heavy atom. The summed E-state index contributed by atoms with van der Waals surface area (Å²) in [4.78, 5) is 17.0. The molecular formula is C93H78N8O4+4. The standard InChI is InChI=1S/C24H21N2O.3C23H19N2O/c1-14-11-19-23-18-8-6-5-7-17(18)9-10-21(23)27-24(19)22(16(14)3)20-12-15(2)25-13-26(20)4;1-14-8-10-18-22-17-7-5-4-6-16(17)9-11-20(22)26-23(18)21(14)19-12-24-15(2)13-25(19)3;1-14-12-18-22-17-7-5-4-6-16(17)8-9-20(22)26-23(18)21(15(14)2)19-10-11-24-13-25(19)3;1-14-12-15(2)21-22-17-7-5-4-6-16(17)8-9-19(22)26-23(21)20(14)18-10-11-24-13-25(18)3/h5-13H,1-4H3;3*4-13H,1-3H3/q4*+1/i;2D3;;2D3. The van der Waals surface area contributed by atoms with Gasteiger partial charge in [-0.25, -0.2) is 18.7 Å². The van der Waals surface area contributed by atoms with E-state index in [1.54, 1.807) is 31.0 Å². The van der Waals surface area contributed by atoms with E-state index in [1.165, 1.54) is 70.7 Å². The SMILES string of the molecule is Cc1cc(-c2c(C)c(C)cc3c2oc2ccc4ccccc4c23)[n+](C)cn1.Cc1cc2c(oc3ccc4ccccc4c32)c(-c2ccnc[n+]2C)c1C.[2H]C([2H])([2H])c1c[n+](C)c(-c2c(C)ccc3c2oc2ccc4ccccc4c23)cn1.[2H]C([2H])([2H])c1cc(C)c(-c2ccnc[n+]2C)c2oc3ccc4ccccc4c3c12. The molecule has 0 N–H and O–H groups in total. The Hall–Kier alpha value is -12.8. The molecule has 12 heteroatoms. The minimum Gasteiger partial charge on any atom is -0.455 e. The van der Waals surface area contributed by atoms with Gasteiger partial charge in [0.15, 0.2) is 11.9 Å². The van der Waals surface area contributed by atoms with Crippen molar-refractivity contribution in [1.82, 2.24) is 19.9 Å². The molecule has 0 amide bonds. The predicted octanol–water partition coefficient (Wildman–Crippen LogP) is 21.3. The zero-order valence-electron chi connectivity index (χ0n) is 66.2. The molecule has 0 aliphatic heterocycles. The molecule has 0 unspecified atom stereocenters. The molecule has 0 saturated heterocycles. The van der Waals surface area contributed by atoms with Crippen molar-refractivity contribution in [3.05, 3.63) is 288 Å². The van der Waals surface area contributed by atoms with E-state index in [0.717, 1.165) is 128 Å². The number of rotatable bonds is 4. The second kappa shape index (κ2) is 25.9. The number of aryl methyl sites for hydroxylation is 11. The molecule has 0 atom stereocenters. The highest BCUT2D eigenvalue weighted by atomic mass is 16.3. The Morgan fingerprint density at radius 1 is 0.305 bits per heavy atom. The summed E-state index contributed by atoms with van der Waals surface area (Å²) < 4.78 is 80.7. The topological polar surface area (TPSA) is 120 Å². The first-order valence-electron chi connectivity index (χ1n) is 38.1. The summed E-state index contributed by atoms with van der Waals surface area (Å²) in [6, 6.07) is 66.3. The highest BCUT2D eigenvalue weighted by Crippen LogP contribution is 2.46. The highest BCUT2D eigenvalue weighted by molar-refractivity contribution is 6.25. The number of hydrogen-bond acceptors (Lipinski definition) is 8. The Morgan fingerprint density at radius 3 is 1.24 bits per heavy atom. The summed E-state index contributed by atoms with van der Waals surface area (Å²) in [5.74, 6) is 0. The molecule has 8 heterocycles. The van der Waals surface area contributed by atoms with Gasteiger partial charge in [0.1, 0.15) is 86.9 Å². The van der Waals surface area contributed by atoms with E-state index in [-0.39, 0.29) is 5.69 Å². The second-order valence-corrected chi connectivity index (χ2v) is 27.6. The lowest BCUT2D eigenvalue weighted by molar-refractivity contribution is -0.663. The number of nitrogens with zero attached hydrogens (tertiary/aromatic N) is 8. The molecule has 0 saturated carbocycles. The average Bonchev–Trinajstić information content (AvgIpc) is 1.60. The number of furan rings is 4. The normalized spacial score (nSPS) is 12.8. The molecule has 12 aromatic carbocycles. The first-order chi connectivity index (χ1) is 53.4. The van der Waals surface area contributed by atoms with E-state index >= 15 is 0 Å². The third-order valence-corrected chi connectivity index (χ3v) is 21.0. The minimum atomic E-state index is -2.25. The quantitative estimate of drug-likeness (QED) is 0.160. The van der Waals surface area contributed by atoms with Crippen molar-refractivity contribution < 1.29 is 44.2 Å². The van der Waals surface area contributed by atoms with E-state index < -0.39 is 13.7 Å². The van der Waals surface area contributed by atoms with Crippen LogP contribution in [0, 0.1) is 62.2 Å². The van der Waals surface area contributed by atoms with E-state index in [2.05, 4.69) is 174 Å². The highest BCUT2D eigenvalue weighted by Gasteiger charge is 2.27. The van der Waals surface area contributed by atoms with Crippen LogP contribution in [0.15, 0.2) is 256 Å². The Bertz CT molecular complexity index is 7230. The summed E-state index contributed by atoms with van der Waals surface area (Å²) in [5.41, 5.74) is 23.0. The third-order valence-electron chi connectivity index (χ3n) is 21.0. The molecule has 12 nitrogen and oxygen atoms in total. The van der Waals surface area contributed by atoms with E-state index in [4.69, 9.17) is 25.9 Å². The van der Waals surface area contributed by atoms with Crippen molar-refractivity contribution in [2.45, 2.75) is 62.2 Å². The predicted molar refractivity (Wildman–Crippen MR) is 425 cm³/mol. The third kappa shape index (κ3) is 11.1. The fraction of sp³-hybridized carbons (Fsp3) is 0.140. The van der Waals surface area contributed by atoms with Crippen molar-refractivity contribution >= 4 is 131 Å². The van der Waals surface area contributed by atoms with Crippen LogP contribution >= 0.6 is 0 Å². The summed E-state index contributed by atoms with van der Waals surface area (Å²) >= 11 is 0. The first-order valence-corrected chi connectivity index (χ1v) is 35.1. The van der Waals surface area contributed by atoms with Crippen molar-refractivity contribution in [2.75, 3.05) is 0 Å². The maximum absolute atomic E-state index is 8.17. The Kier molecular flexibility index (Phi) is 14.5. The lowest BCUT2D eigenvalue weighted by Gasteiger charge is -2.10. The molecule has 20 aromatic rings. The Balaban J connectivity index is 0.000000108. The molecule has 20 rings (SSSR count). The van der Waals surface area contributed by atoms with Crippen LogP contribution in [-0.4, -0.2) is 19.9 Å². The molecule has 105 heavy (non-hydrogen) atoms. The lowest BCUT2D eigenvalue weighted by atomic mass is 9.95. The summed E-state index contributed by atoms with van der Waals surface area (Å²) in [7, 11) is 7.81. The zero-order chi connectivity index (χ0) is 77.2. The van der Waals surface area contributed by atoms with Gasteiger partial charge in [-0.15, -0.1) is 0 Å². The first kappa shape index (κ1) is 58.8. The van der Waals surface area contributed by atoms with Gasteiger partial charge in [0, 0.05) is 76.4 Å². The van der Waals surface area contributed by atoms with Crippen LogP contribution in [0.3, 0.4) is 0 Å². The monoisotopic (exact) mass is 1380 g/mol. The molecule has 0 spiro atoms. The van der Waals surface area contributed by atoms with Crippen molar-refractivity contribution in [2.24, 2.45) is 28.2 Å². The van der Waals surface area contributed by atoms with Crippen LogP contribution in [0.1, 0.15) is 58.6 Å². The van der Waals surface area contributed by atoms with Gasteiger partial charge in [-0.3, -0.25) is 0 Å². The average molecular weight is 1380 g/mol. The molecule has 8 aromatic heterocycles. The van der Waals surface area contributed by atoms with E-state index in [0.29, 0.717) is 22.1 Å². The molecule has 0 aliphatic carbocycles. The molecular weight excluding hydrogens is 1290 g/mol. The van der Waals surface area contributed by atoms with Crippen LogP contribution in [0.5, 0.6) is 0 Å². The molecule has 0 bridgehead atoms. The molecule has 0 fully saturated rings. The van der Waals surface area contributed by atoms with Gasteiger partial charge < -0.3 is 17.7 Å².